The Morgan fingerprint density at radius 1 is 1.57 bits per heavy atom. The molecular weight excluding hydrogens is 178 g/mol. The van der Waals surface area contributed by atoms with Crippen LogP contribution in [0.2, 0.25) is 0 Å². The molecule has 1 heterocycles. The number of pyridine rings is 1. The molecule has 0 aromatic carbocycles. The van der Waals surface area contributed by atoms with Crippen LogP contribution in [0.15, 0.2) is 42.6 Å². The lowest BCUT2D eigenvalue weighted by molar-refractivity contribution is -0.132. The third kappa shape index (κ3) is 2.07. The van der Waals surface area contributed by atoms with E-state index in [-0.39, 0.29) is 5.57 Å². The Hall–Kier alpha value is -1.90. The molecule has 3 nitrogen and oxygen atoms in total. The molecule has 0 amide bonds. The Kier molecular flexibility index (Phi) is 3.18. The molecule has 1 rings (SSSR count). The highest BCUT2D eigenvalue weighted by Crippen LogP contribution is 2.17. The first-order chi connectivity index (χ1) is 6.66. The number of aliphatic carboxylic acids is 1. The average Bonchev–Trinajstić information content (AvgIpc) is 2.20. The van der Waals surface area contributed by atoms with Gasteiger partial charge in [0.15, 0.2) is 0 Å². The van der Waals surface area contributed by atoms with Crippen LogP contribution in [-0.2, 0) is 4.79 Å². The van der Waals surface area contributed by atoms with E-state index in [1.165, 1.54) is 13.0 Å². The van der Waals surface area contributed by atoms with Crippen LogP contribution < -0.4 is 0 Å². The zero-order valence-electron chi connectivity index (χ0n) is 7.90. The second kappa shape index (κ2) is 4.37. The van der Waals surface area contributed by atoms with Crippen molar-refractivity contribution in [2.24, 2.45) is 0 Å². The van der Waals surface area contributed by atoms with Crippen LogP contribution in [0, 0.1) is 0 Å². The molecule has 1 aromatic rings. The Morgan fingerprint density at radius 3 is 2.71 bits per heavy atom. The normalized spacial score (nSPS) is 11.8. The number of rotatable bonds is 3. The van der Waals surface area contributed by atoms with Gasteiger partial charge in [-0.25, -0.2) is 4.79 Å². The number of allylic oxidation sites excluding steroid dienone is 2. The van der Waals surface area contributed by atoms with Crippen LogP contribution in [0.25, 0.3) is 5.57 Å². The zero-order valence-corrected chi connectivity index (χ0v) is 7.90. The molecule has 0 saturated carbocycles. The van der Waals surface area contributed by atoms with Crippen molar-refractivity contribution < 1.29 is 9.90 Å². The van der Waals surface area contributed by atoms with E-state index in [1.54, 1.807) is 24.4 Å². The minimum atomic E-state index is -0.953. The lowest BCUT2D eigenvalue weighted by atomic mass is 10.1. The second-order valence-corrected chi connectivity index (χ2v) is 2.76. The highest BCUT2D eigenvalue weighted by molar-refractivity contribution is 5.97. The summed E-state index contributed by atoms with van der Waals surface area (Å²) in [6.07, 6.45) is 3.12. The quantitative estimate of drug-likeness (QED) is 0.585. The molecule has 0 aliphatic rings. The number of nitrogens with zero attached hydrogens (tertiary/aromatic N) is 1. The summed E-state index contributed by atoms with van der Waals surface area (Å²) in [5, 5.41) is 8.81. The van der Waals surface area contributed by atoms with Crippen LogP contribution in [0.4, 0.5) is 0 Å². The number of carboxylic acids is 1. The third-order valence-electron chi connectivity index (χ3n) is 1.87. The summed E-state index contributed by atoms with van der Waals surface area (Å²) in [5.41, 5.74) is 1.43. The van der Waals surface area contributed by atoms with Gasteiger partial charge >= 0.3 is 5.97 Å². The molecule has 0 unspecified atom stereocenters. The molecule has 14 heavy (non-hydrogen) atoms. The summed E-state index contributed by atoms with van der Waals surface area (Å²) in [5.74, 6) is -0.953. The van der Waals surface area contributed by atoms with Crippen molar-refractivity contribution in [1.82, 2.24) is 4.98 Å². The SMILES string of the molecule is C=CC(=C(C)C(=O)O)c1ccccn1. The van der Waals surface area contributed by atoms with Gasteiger partial charge in [-0.15, -0.1) is 0 Å². The van der Waals surface area contributed by atoms with Gasteiger partial charge in [0.25, 0.3) is 0 Å². The minimum absolute atomic E-state index is 0.249. The molecule has 0 aliphatic heterocycles. The van der Waals surface area contributed by atoms with Gasteiger partial charge in [0, 0.05) is 17.3 Å². The van der Waals surface area contributed by atoms with Crippen LogP contribution in [0.3, 0.4) is 0 Å². The van der Waals surface area contributed by atoms with E-state index in [4.69, 9.17) is 5.11 Å². The molecule has 1 aromatic heterocycles. The predicted octanol–water partition coefficient (Wildman–Crippen LogP) is 2.13. The molecule has 0 fully saturated rings. The van der Waals surface area contributed by atoms with Gasteiger partial charge < -0.3 is 5.11 Å². The fourth-order valence-electron chi connectivity index (χ4n) is 1.09. The van der Waals surface area contributed by atoms with Gasteiger partial charge in [-0.2, -0.15) is 0 Å². The highest BCUT2D eigenvalue weighted by Gasteiger charge is 2.08. The molecule has 3 heteroatoms. The van der Waals surface area contributed by atoms with Gasteiger partial charge in [-0.1, -0.05) is 18.7 Å². The van der Waals surface area contributed by atoms with Crippen molar-refractivity contribution in [2.75, 3.05) is 0 Å². The van der Waals surface area contributed by atoms with E-state index in [9.17, 15) is 4.79 Å². The van der Waals surface area contributed by atoms with Gasteiger partial charge in [0.2, 0.25) is 0 Å². The van der Waals surface area contributed by atoms with Crippen LogP contribution in [0.5, 0.6) is 0 Å². The maximum Gasteiger partial charge on any atom is 0.331 e. The highest BCUT2D eigenvalue weighted by atomic mass is 16.4. The number of aromatic nitrogens is 1. The first-order valence-electron chi connectivity index (χ1n) is 4.15. The number of hydrogen-bond acceptors (Lipinski definition) is 2. The number of carboxylic acid groups (broad SMARTS) is 1. The summed E-state index contributed by atoms with van der Waals surface area (Å²) < 4.78 is 0. The Balaban J connectivity index is 3.24. The minimum Gasteiger partial charge on any atom is -0.478 e. The zero-order chi connectivity index (χ0) is 10.6. The smallest absolute Gasteiger partial charge is 0.331 e. The van der Waals surface area contributed by atoms with Gasteiger partial charge in [-0.05, 0) is 19.1 Å². The van der Waals surface area contributed by atoms with Gasteiger partial charge in [0.1, 0.15) is 0 Å². The van der Waals surface area contributed by atoms with E-state index in [0.29, 0.717) is 11.3 Å². The van der Waals surface area contributed by atoms with E-state index in [2.05, 4.69) is 11.6 Å². The fourth-order valence-corrected chi connectivity index (χ4v) is 1.09. The first kappa shape index (κ1) is 10.2. The maximum atomic E-state index is 10.7. The fraction of sp³-hybridized carbons (Fsp3) is 0.0909. The molecule has 0 atom stereocenters. The number of carbonyl (C=O) groups is 1. The molecule has 0 radical (unpaired) electrons. The standard InChI is InChI=1S/C11H11NO2/c1-3-9(8(2)11(13)14)10-6-4-5-7-12-10/h3-7H,1H2,2H3,(H,13,14). The summed E-state index contributed by atoms with van der Waals surface area (Å²) >= 11 is 0. The lowest BCUT2D eigenvalue weighted by Gasteiger charge is -2.03. The summed E-state index contributed by atoms with van der Waals surface area (Å²) in [6, 6.07) is 5.34. The summed E-state index contributed by atoms with van der Waals surface area (Å²) in [6.45, 7) is 5.12. The average molecular weight is 189 g/mol. The van der Waals surface area contributed by atoms with Gasteiger partial charge in [-0.3, -0.25) is 4.98 Å². The Bertz CT molecular complexity index is 380. The summed E-state index contributed by atoms with van der Waals surface area (Å²) in [4.78, 5) is 14.8. The molecule has 0 aliphatic carbocycles. The van der Waals surface area contributed by atoms with Gasteiger partial charge in [0.05, 0.1) is 5.69 Å². The van der Waals surface area contributed by atoms with Crippen molar-refractivity contribution >= 4 is 11.5 Å². The molecule has 0 saturated heterocycles. The Morgan fingerprint density at radius 2 is 2.29 bits per heavy atom. The molecule has 0 spiro atoms. The van der Waals surface area contributed by atoms with Crippen molar-refractivity contribution in [3.05, 3.63) is 48.3 Å². The van der Waals surface area contributed by atoms with Crippen molar-refractivity contribution in [2.45, 2.75) is 6.92 Å². The van der Waals surface area contributed by atoms with Crippen LogP contribution in [0.1, 0.15) is 12.6 Å². The molecule has 1 N–H and O–H groups in total. The van der Waals surface area contributed by atoms with E-state index < -0.39 is 5.97 Å². The molecule has 72 valence electrons. The lowest BCUT2D eigenvalue weighted by Crippen LogP contribution is -2.00. The first-order valence-corrected chi connectivity index (χ1v) is 4.15. The third-order valence-corrected chi connectivity index (χ3v) is 1.87. The largest absolute Gasteiger partial charge is 0.478 e. The molecule has 0 bridgehead atoms. The monoisotopic (exact) mass is 189 g/mol. The van der Waals surface area contributed by atoms with Crippen molar-refractivity contribution in [3.63, 3.8) is 0 Å². The Labute approximate surface area is 82.4 Å². The van der Waals surface area contributed by atoms with E-state index >= 15 is 0 Å². The number of hydrogen-bond donors (Lipinski definition) is 1. The molecular formula is C11H11NO2. The van der Waals surface area contributed by atoms with Crippen molar-refractivity contribution in [1.29, 1.82) is 0 Å². The predicted molar refractivity (Wildman–Crippen MR) is 54.7 cm³/mol. The van der Waals surface area contributed by atoms with Crippen LogP contribution >= 0.6 is 0 Å². The van der Waals surface area contributed by atoms with Crippen molar-refractivity contribution in [3.8, 4) is 0 Å². The maximum absolute atomic E-state index is 10.7. The topological polar surface area (TPSA) is 50.2 Å². The van der Waals surface area contributed by atoms with Crippen LogP contribution in [-0.4, -0.2) is 16.1 Å². The second-order valence-electron chi connectivity index (χ2n) is 2.76. The summed E-state index contributed by atoms with van der Waals surface area (Å²) in [7, 11) is 0. The van der Waals surface area contributed by atoms with E-state index in [0.717, 1.165) is 0 Å². The van der Waals surface area contributed by atoms with E-state index in [1.807, 2.05) is 0 Å².